The third-order valence-electron chi connectivity index (χ3n) is 8.67. The Balaban J connectivity index is 0.00000405. The Bertz CT molecular complexity index is 1280. The molecule has 2 N–H and O–H groups in total. The summed E-state index contributed by atoms with van der Waals surface area (Å²) < 4.78 is 20.1. The number of hydrogen-bond donors (Lipinski definition) is 1. The Labute approximate surface area is 256 Å². The number of hydrogen-bond acceptors (Lipinski definition) is 5. The fourth-order valence-electron chi connectivity index (χ4n) is 6.20. The van der Waals surface area contributed by atoms with Crippen molar-refractivity contribution in [3.63, 3.8) is 0 Å². The summed E-state index contributed by atoms with van der Waals surface area (Å²) in [6, 6.07) is 23.8. The van der Waals surface area contributed by atoms with Gasteiger partial charge >= 0.3 is 0 Å². The predicted molar refractivity (Wildman–Crippen MR) is 169 cm³/mol. The van der Waals surface area contributed by atoms with Gasteiger partial charge in [-0.1, -0.05) is 60.7 Å². The maximum absolute atomic E-state index is 14.5. The van der Waals surface area contributed by atoms with E-state index < -0.39 is 6.04 Å². The summed E-state index contributed by atoms with van der Waals surface area (Å²) >= 11 is 0. The molecule has 2 fully saturated rings. The number of ether oxygens (including phenoxy) is 1. The molecule has 2 aliphatic rings. The molecule has 0 spiro atoms. The van der Waals surface area contributed by atoms with E-state index in [9.17, 15) is 9.18 Å². The first kappa shape index (κ1) is 32.0. The molecular formula is C34H44ClFN4O2. The van der Waals surface area contributed by atoms with Crippen molar-refractivity contribution in [2.24, 2.45) is 11.7 Å². The molecule has 42 heavy (non-hydrogen) atoms. The summed E-state index contributed by atoms with van der Waals surface area (Å²) in [7, 11) is 0. The zero-order chi connectivity index (χ0) is 28.6. The first-order valence-corrected chi connectivity index (χ1v) is 15.1. The normalized spacial score (nSPS) is 17.5. The molecule has 3 aromatic rings. The first-order valence-electron chi connectivity index (χ1n) is 15.1. The van der Waals surface area contributed by atoms with Crippen molar-refractivity contribution in [1.82, 2.24) is 14.7 Å². The van der Waals surface area contributed by atoms with Crippen molar-refractivity contribution in [3.05, 3.63) is 89.7 Å². The molecule has 0 bridgehead atoms. The van der Waals surface area contributed by atoms with E-state index in [1.165, 1.54) is 22.8 Å². The molecule has 226 valence electrons. The van der Waals surface area contributed by atoms with E-state index in [0.29, 0.717) is 50.6 Å². The number of likely N-dealkylation sites (tertiary alicyclic amines) is 1. The lowest BCUT2D eigenvalue weighted by molar-refractivity contribution is -0.136. The van der Waals surface area contributed by atoms with Crippen LogP contribution in [-0.2, 0) is 17.8 Å². The Morgan fingerprint density at radius 3 is 2.31 bits per heavy atom. The monoisotopic (exact) mass is 594 g/mol. The highest BCUT2D eigenvalue weighted by Gasteiger charge is 2.33. The van der Waals surface area contributed by atoms with Gasteiger partial charge in [0, 0.05) is 44.8 Å². The standard InChI is InChI=1S/C34H43FN4O2.ClH/c1-2-41-32-14-8-13-31(35)30(32)25-38-21-23-39(24-22-38)34(40)33(36)28-16-19-37(20-17-28)18-15-27-11-6-7-12-29(27)26-9-4-3-5-10-26;/h3-14,28,33H,2,15-25,36H2,1H3;1H. The quantitative estimate of drug-likeness (QED) is 0.348. The SMILES string of the molecule is CCOc1cccc(F)c1CN1CCN(C(=O)C(N)C2CCN(CCc3ccccc3-c3ccccc3)CC2)CC1.Cl. The molecule has 0 aromatic heterocycles. The number of nitrogens with zero attached hydrogens (tertiary/aromatic N) is 3. The average Bonchev–Trinajstić information content (AvgIpc) is 3.02. The van der Waals surface area contributed by atoms with Crippen molar-refractivity contribution < 1.29 is 13.9 Å². The second-order valence-corrected chi connectivity index (χ2v) is 11.2. The van der Waals surface area contributed by atoms with Gasteiger partial charge in [0.15, 0.2) is 0 Å². The van der Waals surface area contributed by atoms with Gasteiger partial charge in [-0.25, -0.2) is 4.39 Å². The highest BCUT2D eigenvalue weighted by molar-refractivity contribution is 5.85. The molecule has 2 aliphatic heterocycles. The van der Waals surface area contributed by atoms with E-state index in [4.69, 9.17) is 10.5 Å². The summed E-state index contributed by atoms with van der Waals surface area (Å²) in [5, 5.41) is 0. The molecule has 6 nitrogen and oxygen atoms in total. The number of rotatable bonds is 10. The van der Waals surface area contributed by atoms with Crippen molar-refractivity contribution in [1.29, 1.82) is 0 Å². The minimum absolute atomic E-state index is 0. The molecule has 2 heterocycles. The summed E-state index contributed by atoms with van der Waals surface area (Å²) in [4.78, 5) is 19.9. The van der Waals surface area contributed by atoms with Crippen molar-refractivity contribution in [3.8, 4) is 16.9 Å². The number of nitrogens with two attached hydrogens (primary N) is 1. The minimum atomic E-state index is -0.460. The lowest BCUT2D eigenvalue weighted by Gasteiger charge is -2.39. The molecule has 2 saturated heterocycles. The smallest absolute Gasteiger partial charge is 0.239 e. The Hall–Kier alpha value is -2.97. The Morgan fingerprint density at radius 1 is 0.905 bits per heavy atom. The van der Waals surface area contributed by atoms with E-state index in [1.54, 1.807) is 6.07 Å². The molecule has 1 amide bonds. The van der Waals surface area contributed by atoms with E-state index in [0.717, 1.165) is 38.9 Å². The predicted octanol–water partition coefficient (Wildman–Crippen LogP) is 5.24. The van der Waals surface area contributed by atoms with Gasteiger partial charge in [-0.2, -0.15) is 0 Å². The Morgan fingerprint density at radius 2 is 1.60 bits per heavy atom. The molecule has 1 unspecified atom stereocenters. The van der Waals surface area contributed by atoms with Crippen molar-refractivity contribution in [2.45, 2.75) is 38.8 Å². The molecule has 8 heteroatoms. The topological polar surface area (TPSA) is 62.0 Å². The van der Waals surface area contributed by atoms with E-state index >= 15 is 0 Å². The lowest BCUT2D eigenvalue weighted by atomic mass is 9.88. The van der Waals surface area contributed by atoms with Crippen molar-refractivity contribution in [2.75, 3.05) is 52.4 Å². The van der Waals surface area contributed by atoms with Crippen LogP contribution in [0, 0.1) is 11.7 Å². The highest BCUT2D eigenvalue weighted by Crippen LogP contribution is 2.27. The number of benzene rings is 3. The van der Waals surface area contributed by atoms with Gasteiger partial charge in [0.2, 0.25) is 5.91 Å². The van der Waals surface area contributed by atoms with E-state index in [1.807, 2.05) is 17.9 Å². The van der Waals surface area contributed by atoms with Crippen LogP contribution in [0.15, 0.2) is 72.8 Å². The van der Waals surface area contributed by atoms with Crippen LogP contribution in [0.25, 0.3) is 11.1 Å². The first-order chi connectivity index (χ1) is 20.0. The number of piperidine rings is 1. The van der Waals surface area contributed by atoms with Crippen LogP contribution in [-0.4, -0.2) is 79.1 Å². The van der Waals surface area contributed by atoms with Gasteiger partial charge in [0.25, 0.3) is 0 Å². The molecule has 0 aliphatic carbocycles. The van der Waals surface area contributed by atoms with Gasteiger partial charge < -0.3 is 20.3 Å². The fraction of sp³-hybridized carbons (Fsp3) is 0.441. The van der Waals surface area contributed by atoms with Gasteiger partial charge in [-0.3, -0.25) is 9.69 Å². The van der Waals surface area contributed by atoms with Crippen LogP contribution in [0.3, 0.4) is 0 Å². The third-order valence-corrected chi connectivity index (χ3v) is 8.67. The summed E-state index contributed by atoms with van der Waals surface area (Å²) in [5.41, 5.74) is 11.1. The second-order valence-electron chi connectivity index (χ2n) is 11.2. The summed E-state index contributed by atoms with van der Waals surface area (Å²) in [6.45, 7) is 8.45. The van der Waals surface area contributed by atoms with Gasteiger partial charge in [-0.15, -0.1) is 12.4 Å². The maximum Gasteiger partial charge on any atom is 0.239 e. The number of piperazine rings is 1. The largest absolute Gasteiger partial charge is 0.493 e. The average molecular weight is 595 g/mol. The molecule has 5 rings (SSSR count). The van der Waals surface area contributed by atoms with E-state index in [-0.39, 0.29) is 30.0 Å². The fourth-order valence-corrected chi connectivity index (χ4v) is 6.20. The highest BCUT2D eigenvalue weighted by atomic mass is 35.5. The molecule has 0 radical (unpaired) electrons. The summed E-state index contributed by atoms with van der Waals surface area (Å²) in [5.74, 6) is 0.615. The van der Waals surface area contributed by atoms with Crippen LogP contribution >= 0.6 is 12.4 Å². The number of carbonyl (C=O) groups is 1. The van der Waals surface area contributed by atoms with Crippen LogP contribution in [0.5, 0.6) is 5.75 Å². The van der Waals surface area contributed by atoms with Gasteiger partial charge in [0.05, 0.1) is 12.6 Å². The molecule has 0 saturated carbocycles. The maximum atomic E-state index is 14.5. The number of halogens is 2. The molecule has 3 aromatic carbocycles. The number of amides is 1. The van der Waals surface area contributed by atoms with Gasteiger partial charge in [-0.05, 0) is 74.0 Å². The molecular weight excluding hydrogens is 551 g/mol. The van der Waals surface area contributed by atoms with E-state index in [2.05, 4.69) is 64.4 Å². The Kier molecular flexibility index (Phi) is 11.8. The van der Waals surface area contributed by atoms with Gasteiger partial charge in [0.1, 0.15) is 11.6 Å². The van der Waals surface area contributed by atoms with Crippen LogP contribution in [0.4, 0.5) is 4.39 Å². The zero-order valence-corrected chi connectivity index (χ0v) is 25.4. The van der Waals surface area contributed by atoms with Crippen LogP contribution in [0.1, 0.15) is 30.9 Å². The summed E-state index contributed by atoms with van der Waals surface area (Å²) in [6.07, 6.45) is 2.89. The van der Waals surface area contributed by atoms with Crippen molar-refractivity contribution >= 4 is 18.3 Å². The van der Waals surface area contributed by atoms with Crippen LogP contribution < -0.4 is 10.5 Å². The second kappa shape index (κ2) is 15.5. The lowest BCUT2D eigenvalue weighted by Crippen LogP contribution is -2.55. The number of carbonyl (C=O) groups excluding carboxylic acids is 1. The zero-order valence-electron chi connectivity index (χ0n) is 24.6. The molecule has 1 atom stereocenters. The van der Waals surface area contributed by atoms with Crippen LogP contribution in [0.2, 0.25) is 0 Å². The third kappa shape index (κ3) is 7.90. The minimum Gasteiger partial charge on any atom is -0.493 e.